The van der Waals surface area contributed by atoms with Gasteiger partial charge >= 0.3 is 0 Å². The third-order valence-electron chi connectivity index (χ3n) is 7.71. The van der Waals surface area contributed by atoms with E-state index >= 15 is 0 Å². The van der Waals surface area contributed by atoms with Crippen molar-refractivity contribution in [1.82, 2.24) is 15.2 Å². The Hall–Kier alpha value is -3.18. The Morgan fingerprint density at radius 3 is 2.81 bits per heavy atom. The number of morpholine rings is 1. The maximum atomic E-state index is 9.52. The third kappa shape index (κ3) is 4.53. The molecule has 2 saturated heterocycles. The first kappa shape index (κ1) is 23.2. The van der Waals surface area contributed by atoms with E-state index in [-0.39, 0.29) is 12.2 Å². The van der Waals surface area contributed by atoms with Gasteiger partial charge in [0.2, 0.25) is 0 Å². The average Bonchev–Trinajstić information content (AvgIpc) is 3.29. The molecule has 2 aromatic carbocycles. The van der Waals surface area contributed by atoms with E-state index in [1.165, 1.54) is 16.8 Å². The molecule has 0 aliphatic carbocycles. The quantitative estimate of drug-likeness (QED) is 0.610. The fourth-order valence-electron chi connectivity index (χ4n) is 6.10. The topological polar surface area (TPSA) is 67.7 Å². The van der Waals surface area contributed by atoms with Gasteiger partial charge in [0.05, 0.1) is 23.3 Å². The van der Waals surface area contributed by atoms with E-state index in [1.54, 1.807) is 6.20 Å². The van der Waals surface area contributed by atoms with Gasteiger partial charge in [-0.25, -0.2) is 0 Å². The molecule has 186 valence electrons. The summed E-state index contributed by atoms with van der Waals surface area (Å²) in [5.41, 5.74) is 6.76. The molecule has 4 heterocycles. The van der Waals surface area contributed by atoms with Crippen LogP contribution in [0.5, 0.6) is 0 Å². The lowest BCUT2D eigenvalue weighted by molar-refractivity contribution is -0.0329. The van der Waals surface area contributed by atoms with Crippen LogP contribution in [0.3, 0.4) is 0 Å². The molecule has 3 atom stereocenters. The minimum atomic E-state index is 0.124. The molecule has 0 amide bonds. The van der Waals surface area contributed by atoms with Crippen molar-refractivity contribution in [2.75, 3.05) is 49.1 Å². The van der Waals surface area contributed by atoms with Crippen LogP contribution in [-0.4, -0.2) is 67.4 Å². The summed E-state index contributed by atoms with van der Waals surface area (Å²) in [4.78, 5) is 11.9. The van der Waals surface area contributed by atoms with Crippen LogP contribution in [0.1, 0.15) is 30.5 Å². The number of fused-ring (bicyclic) bond motifs is 2. The van der Waals surface area contributed by atoms with Gasteiger partial charge in [0, 0.05) is 81.4 Å². The maximum Gasteiger partial charge on any atom is 0.101 e. The lowest BCUT2D eigenvalue weighted by Crippen LogP contribution is -2.50. The second kappa shape index (κ2) is 9.70. The van der Waals surface area contributed by atoms with Gasteiger partial charge in [0.25, 0.3) is 0 Å². The number of benzene rings is 2. The van der Waals surface area contributed by atoms with Crippen LogP contribution in [0.4, 0.5) is 11.4 Å². The lowest BCUT2D eigenvalue weighted by atomic mass is 10.1. The molecular weight excluding hydrogens is 448 g/mol. The van der Waals surface area contributed by atoms with E-state index in [0.717, 1.165) is 68.9 Å². The molecule has 0 saturated carbocycles. The predicted octanol–water partition coefficient (Wildman–Crippen LogP) is 3.51. The SMILES string of the molecule is C[C@@H]1CN(c2ccc3c(c2)CN(C[C@H]2CN(c4ccc(C#N)c5ncccc45)C[C@@H](C)O2)C3)CCN1. The van der Waals surface area contributed by atoms with Crippen LogP contribution in [-0.2, 0) is 17.8 Å². The number of nitrogens with one attached hydrogen (secondary N) is 1. The van der Waals surface area contributed by atoms with Crippen LogP contribution >= 0.6 is 0 Å². The van der Waals surface area contributed by atoms with Crippen molar-refractivity contribution >= 4 is 22.3 Å². The Morgan fingerprint density at radius 2 is 1.94 bits per heavy atom. The van der Waals surface area contributed by atoms with Crippen molar-refractivity contribution in [3.63, 3.8) is 0 Å². The van der Waals surface area contributed by atoms with Crippen LogP contribution in [0.25, 0.3) is 10.9 Å². The molecule has 3 aromatic rings. The summed E-state index contributed by atoms with van der Waals surface area (Å²) in [5.74, 6) is 0. The molecule has 36 heavy (non-hydrogen) atoms. The highest BCUT2D eigenvalue weighted by atomic mass is 16.5. The first-order valence-corrected chi connectivity index (χ1v) is 13.1. The van der Waals surface area contributed by atoms with Crippen molar-refractivity contribution in [2.45, 2.75) is 45.2 Å². The summed E-state index contributed by atoms with van der Waals surface area (Å²) >= 11 is 0. The highest BCUT2D eigenvalue weighted by Crippen LogP contribution is 2.32. The van der Waals surface area contributed by atoms with Gasteiger partial charge in [0.1, 0.15) is 6.07 Å². The third-order valence-corrected chi connectivity index (χ3v) is 7.71. The predicted molar refractivity (Wildman–Crippen MR) is 143 cm³/mol. The van der Waals surface area contributed by atoms with Crippen molar-refractivity contribution in [3.05, 3.63) is 65.4 Å². The number of nitriles is 1. The Bertz CT molecular complexity index is 1300. The van der Waals surface area contributed by atoms with Gasteiger partial charge in [-0.15, -0.1) is 0 Å². The van der Waals surface area contributed by atoms with Crippen molar-refractivity contribution in [3.8, 4) is 6.07 Å². The molecule has 0 bridgehead atoms. The van der Waals surface area contributed by atoms with Gasteiger partial charge in [-0.1, -0.05) is 6.07 Å². The zero-order chi connectivity index (χ0) is 24.6. The molecule has 0 radical (unpaired) electrons. The van der Waals surface area contributed by atoms with E-state index in [4.69, 9.17) is 4.74 Å². The summed E-state index contributed by atoms with van der Waals surface area (Å²) in [6.45, 7) is 12.1. The van der Waals surface area contributed by atoms with Gasteiger partial charge in [-0.05, 0) is 61.4 Å². The van der Waals surface area contributed by atoms with Gasteiger partial charge in [-0.2, -0.15) is 5.26 Å². The smallest absolute Gasteiger partial charge is 0.101 e. The molecule has 1 N–H and O–H groups in total. The van der Waals surface area contributed by atoms with Crippen LogP contribution in [0.2, 0.25) is 0 Å². The van der Waals surface area contributed by atoms with Gasteiger partial charge < -0.3 is 19.9 Å². The van der Waals surface area contributed by atoms with Crippen LogP contribution in [0.15, 0.2) is 48.7 Å². The fraction of sp³-hybridized carbons (Fsp3) is 0.448. The summed E-state index contributed by atoms with van der Waals surface area (Å²) in [6.07, 6.45) is 2.02. The largest absolute Gasteiger partial charge is 0.370 e. The summed E-state index contributed by atoms with van der Waals surface area (Å²) < 4.78 is 6.42. The number of nitrogens with zero attached hydrogens (tertiary/aromatic N) is 5. The molecule has 1 aromatic heterocycles. The molecule has 6 rings (SSSR count). The Balaban J connectivity index is 1.16. The fourth-order valence-corrected chi connectivity index (χ4v) is 6.10. The lowest BCUT2D eigenvalue weighted by Gasteiger charge is -2.40. The number of rotatable bonds is 4. The minimum absolute atomic E-state index is 0.124. The highest BCUT2D eigenvalue weighted by Gasteiger charge is 2.30. The van der Waals surface area contributed by atoms with E-state index < -0.39 is 0 Å². The standard InChI is InChI=1S/C29H34N6O/c1-20-14-34(11-10-31-20)25-7-5-23-16-33(17-24(23)12-25)18-26-19-35(15-21(2)36-26)28-8-6-22(13-30)29-27(28)4-3-9-32-29/h3-9,12,20-21,26,31H,10-11,14-19H2,1-2H3/t20-,21-,26+/m1/s1. The zero-order valence-electron chi connectivity index (χ0n) is 21.2. The molecule has 7 heteroatoms. The van der Waals surface area contributed by atoms with Gasteiger partial charge in [0.15, 0.2) is 0 Å². The molecule has 3 aliphatic rings. The maximum absolute atomic E-state index is 9.52. The molecule has 0 unspecified atom stereocenters. The van der Waals surface area contributed by atoms with Crippen molar-refractivity contribution in [2.24, 2.45) is 0 Å². The zero-order valence-corrected chi connectivity index (χ0v) is 21.2. The molecule has 3 aliphatic heterocycles. The average molecular weight is 483 g/mol. The molecular formula is C29H34N6O. The molecule has 7 nitrogen and oxygen atoms in total. The number of ether oxygens (including phenoxy) is 1. The molecule has 0 spiro atoms. The number of hydrogen-bond acceptors (Lipinski definition) is 7. The first-order chi connectivity index (χ1) is 17.6. The molecule has 2 fully saturated rings. The summed E-state index contributed by atoms with van der Waals surface area (Å²) in [5, 5.41) is 14.1. The van der Waals surface area contributed by atoms with E-state index in [2.05, 4.69) is 75.2 Å². The number of hydrogen-bond donors (Lipinski definition) is 1. The van der Waals surface area contributed by atoms with E-state index in [0.29, 0.717) is 11.6 Å². The van der Waals surface area contributed by atoms with E-state index in [1.807, 2.05) is 12.1 Å². The van der Waals surface area contributed by atoms with Crippen LogP contribution < -0.4 is 15.1 Å². The second-order valence-electron chi connectivity index (χ2n) is 10.5. The Morgan fingerprint density at radius 1 is 1.06 bits per heavy atom. The summed E-state index contributed by atoms with van der Waals surface area (Å²) in [7, 11) is 0. The monoisotopic (exact) mass is 482 g/mol. The highest BCUT2D eigenvalue weighted by molar-refractivity contribution is 5.95. The number of anilines is 2. The number of piperazine rings is 1. The number of aromatic nitrogens is 1. The van der Waals surface area contributed by atoms with E-state index in [9.17, 15) is 5.26 Å². The van der Waals surface area contributed by atoms with Crippen molar-refractivity contribution in [1.29, 1.82) is 5.26 Å². The second-order valence-corrected chi connectivity index (χ2v) is 10.5. The first-order valence-electron chi connectivity index (χ1n) is 13.1. The van der Waals surface area contributed by atoms with Crippen LogP contribution in [0, 0.1) is 11.3 Å². The normalized spacial score (nSPS) is 24.6. The minimum Gasteiger partial charge on any atom is -0.370 e. The van der Waals surface area contributed by atoms with Crippen molar-refractivity contribution < 1.29 is 4.74 Å². The Labute approximate surface area is 213 Å². The van der Waals surface area contributed by atoms with Gasteiger partial charge in [-0.3, -0.25) is 9.88 Å². The Kier molecular flexibility index (Phi) is 6.26. The summed E-state index contributed by atoms with van der Waals surface area (Å²) in [6, 6.07) is 17.8. The number of pyridine rings is 1.